The van der Waals surface area contributed by atoms with Gasteiger partial charge < -0.3 is 14.9 Å². The zero-order valence-electron chi connectivity index (χ0n) is 11.4. The van der Waals surface area contributed by atoms with Crippen molar-refractivity contribution in [2.24, 2.45) is 0 Å². The molecule has 104 valence electrons. The van der Waals surface area contributed by atoms with Crippen molar-refractivity contribution in [3.63, 3.8) is 0 Å². The van der Waals surface area contributed by atoms with E-state index in [1.807, 2.05) is 13.0 Å². The fourth-order valence-electron chi connectivity index (χ4n) is 3.08. The number of aliphatic carboxylic acids is 1. The molecule has 0 amide bonds. The highest BCUT2D eigenvalue weighted by atomic mass is 16.5. The SMILES string of the molecule is COc1c(C)cc(C2(C(=O)O)CCCCC2)cc1O. The van der Waals surface area contributed by atoms with Crippen LogP contribution in [-0.2, 0) is 10.2 Å². The fourth-order valence-corrected chi connectivity index (χ4v) is 3.08. The Balaban J connectivity index is 2.51. The van der Waals surface area contributed by atoms with Gasteiger partial charge in [-0.3, -0.25) is 4.79 Å². The van der Waals surface area contributed by atoms with E-state index in [2.05, 4.69) is 0 Å². The summed E-state index contributed by atoms with van der Waals surface area (Å²) in [7, 11) is 1.50. The molecule has 19 heavy (non-hydrogen) atoms. The van der Waals surface area contributed by atoms with Crippen LogP contribution in [0.25, 0.3) is 0 Å². The van der Waals surface area contributed by atoms with Gasteiger partial charge in [0.15, 0.2) is 11.5 Å². The number of carboxylic acids is 1. The number of aromatic hydroxyl groups is 1. The Labute approximate surface area is 113 Å². The first-order chi connectivity index (χ1) is 9.01. The summed E-state index contributed by atoms with van der Waals surface area (Å²) >= 11 is 0. The van der Waals surface area contributed by atoms with Crippen LogP contribution in [-0.4, -0.2) is 23.3 Å². The zero-order chi connectivity index (χ0) is 14.0. The van der Waals surface area contributed by atoms with Gasteiger partial charge in [0, 0.05) is 0 Å². The van der Waals surface area contributed by atoms with Crippen LogP contribution in [0.4, 0.5) is 0 Å². The lowest BCUT2D eigenvalue weighted by molar-refractivity contribution is -0.145. The maximum Gasteiger partial charge on any atom is 0.314 e. The average molecular weight is 264 g/mol. The van der Waals surface area contributed by atoms with Crippen molar-refractivity contribution in [3.05, 3.63) is 23.3 Å². The van der Waals surface area contributed by atoms with E-state index in [0.717, 1.165) is 24.8 Å². The summed E-state index contributed by atoms with van der Waals surface area (Å²) in [4.78, 5) is 11.7. The van der Waals surface area contributed by atoms with Crippen molar-refractivity contribution in [3.8, 4) is 11.5 Å². The molecule has 1 fully saturated rings. The van der Waals surface area contributed by atoms with Crippen molar-refractivity contribution in [2.45, 2.75) is 44.4 Å². The molecule has 4 heteroatoms. The minimum Gasteiger partial charge on any atom is -0.504 e. The van der Waals surface area contributed by atoms with Gasteiger partial charge in [0.1, 0.15) is 0 Å². The van der Waals surface area contributed by atoms with Crippen molar-refractivity contribution in [1.82, 2.24) is 0 Å². The van der Waals surface area contributed by atoms with Crippen molar-refractivity contribution in [2.75, 3.05) is 7.11 Å². The number of aryl methyl sites for hydroxylation is 1. The van der Waals surface area contributed by atoms with E-state index >= 15 is 0 Å². The topological polar surface area (TPSA) is 66.8 Å². The number of rotatable bonds is 3. The smallest absolute Gasteiger partial charge is 0.314 e. The molecular weight excluding hydrogens is 244 g/mol. The number of phenolic OH excluding ortho intramolecular Hbond substituents is 1. The van der Waals surface area contributed by atoms with E-state index < -0.39 is 11.4 Å². The lowest BCUT2D eigenvalue weighted by Gasteiger charge is -2.34. The van der Waals surface area contributed by atoms with E-state index in [1.165, 1.54) is 7.11 Å². The van der Waals surface area contributed by atoms with Crippen LogP contribution in [0, 0.1) is 6.92 Å². The summed E-state index contributed by atoms with van der Waals surface area (Å²) in [5.41, 5.74) is 0.603. The molecule has 0 spiro atoms. The van der Waals surface area contributed by atoms with E-state index in [0.29, 0.717) is 24.2 Å². The summed E-state index contributed by atoms with van der Waals surface area (Å²) in [5.74, 6) is -0.361. The van der Waals surface area contributed by atoms with E-state index in [4.69, 9.17) is 4.74 Å². The maximum atomic E-state index is 11.7. The van der Waals surface area contributed by atoms with Crippen LogP contribution in [0.15, 0.2) is 12.1 Å². The molecule has 1 saturated carbocycles. The number of carbonyl (C=O) groups is 1. The van der Waals surface area contributed by atoms with Crippen molar-refractivity contribution >= 4 is 5.97 Å². The molecule has 0 aliphatic heterocycles. The van der Waals surface area contributed by atoms with Gasteiger partial charge in [-0.1, -0.05) is 25.3 Å². The number of carboxylic acid groups (broad SMARTS) is 1. The lowest BCUT2D eigenvalue weighted by atomic mass is 9.69. The predicted molar refractivity (Wildman–Crippen MR) is 71.8 cm³/mol. The Morgan fingerprint density at radius 3 is 2.37 bits per heavy atom. The van der Waals surface area contributed by atoms with Gasteiger partial charge >= 0.3 is 5.97 Å². The number of methoxy groups -OCH3 is 1. The Hall–Kier alpha value is -1.71. The molecule has 0 aromatic heterocycles. The highest BCUT2D eigenvalue weighted by Crippen LogP contribution is 2.43. The Morgan fingerprint density at radius 2 is 1.89 bits per heavy atom. The van der Waals surface area contributed by atoms with Gasteiger partial charge in [-0.25, -0.2) is 0 Å². The molecule has 0 heterocycles. The molecule has 0 unspecified atom stereocenters. The molecule has 1 aliphatic rings. The lowest BCUT2D eigenvalue weighted by Crippen LogP contribution is -2.37. The van der Waals surface area contributed by atoms with Crippen LogP contribution in [0.5, 0.6) is 11.5 Å². The molecule has 2 rings (SSSR count). The van der Waals surface area contributed by atoms with Crippen molar-refractivity contribution < 1.29 is 19.7 Å². The minimum atomic E-state index is -0.854. The second-order valence-electron chi connectivity index (χ2n) is 5.29. The number of hydrogen-bond acceptors (Lipinski definition) is 3. The zero-order valence-corrected chi connectivity index (χ0v) is 11.4. The van der Waals surface area contributed by atoms with Gasteiger partial charge in [0.05, 0.1) is 12.5 Å². The van der Waals surface area contributed by atoms with E-state index in [1.54, 1.807) is 6.07 Å². The molecule has 1 aliphatic carbocycles. The molecular formula is C15H20O4. The number of benzene rings is 1. The van der Waals surface area contributed by atoms with E-state index in [-0.39, 0.29) is 5.75 Å². The van der Waals surface area contributed by atoms with Gasteiger partial charge in [-0.2, -0.15) is 0 Å². The molecule has 4 nitrogen and oxygen atoms in total. The maximum absolute atomic E-state index is 11.7. The molecule has 1 aromatic rings. The molecule has 0 saturated heterocycles. The average Bonchev–Trinajstić information content (AvgIpc) is 2.39. The normalized spacial score (nSPS) is 18.0. The Morgan fingerprint density at radius 1 is 1.26 bits per heavy atom. The standard InChI is InChI=1S/C15H20O4/c1-10-8-11(9-12(16)13(10)19-2)15(14(17)18)6-4-3-5-7-15/h8-9,16H,3-7H2,1-2H3,(H,17,18). The third kappa shape index (κ3) is 2.27. The summed E-state index contributed by atoms with van der Waals surface area (Å²) in [6.07, 6.45) is 4.17. The predicted octanol–water partition coefficient (Wildman–Crippen LogP) is 3.00. The molecule has 1 aromatic carbocycles. The first-order valence-corrected chi connectivity index (χ1v) is 6.63. The van der Waals surface area contributed by atoms with Crippen LogP contribution in [0.2, 0.25) is 0 Å². The van der Waals surface area contributed by atoms with Crippen LogP contribution >= 0.6 is 0 Å². The quantitative estimate of drug-likeness (QED) is 0.880. The fraction of sp³-hybridized carbons (Fsp3) is 0.533. The molecule has 0 bridgehead atoms. The minimum absolute atomic E-state index is 0.0173. The second kappa shape index (κ2) is 5.11. The molecule has 0 atom stereocenters. The van der Waals surface area contributed by atoms with Gasteiger partial charge in [0.2, 0.25) is 0 Å². The Kier molecular flexibility index (Phi) is 3.69. The summed E-state index contributed by atoms with van der Waals surface area (Å²) in [6.45, 7) is 1.82. The van der Waals surface area contributed by atoms with Gasteiger partial charge in [-0.15, -0.1) is 0 Å². The highest BCUT2D eigenvalue weighted by Gasteiger charge is 2.41. The Bertz CT molecular complexity index is 464. The van der Waals surface area contributed by atoms with Gasteiger partial charge in [0.25, 0.3) is 0 Å². The van der Waals surface area contributed by atoms with Crippen molar-refractivity contribution in [1.29, 1.82) is 0 Å². The molecule has 0 radical (unpaired) electrons. The number of ether oxygens (including phenoxy) is 1. The summed E-state index contributed by atoms with van der Waals surface area (Å²) in [6, 6.07) is 3.38. The largest absolute Gasteiger partial charge is 0.504 e. The number of hydrogen-bond donors (Lipinski definition) is 2. The van der Waals surface area contributed by atoms with Crippen LogP contribution in [0.3, 0.4) is 0 Å². The third-order valence-electron chi connectivity index (χ3n) is 4.13. The van der Waals surface area contributed by atoms with E-state index in [9.17, 15) is 15.0 Å². The van der Waals surface area contributed by atoms with Crippen LogP contribution in [0.1, 0.15) is 43.2 Å². The monoisotopic (exact) mass is 264 g/mol. The highest BCUT2D eigenvalue weighted by molar-refractivity contribution is 5.82. The molecule has 2 N–H and O–H groups in total. The second-order valence-corrected chi connectivity index (χ2v) is 5.29. The first-order valence-electron chi connectivity index (χ1n) is 6.63. The van der Waals surface area contributed by atoms with Gasteiger partial charge in [-0.05, 0) is 37.0 Å². The third-order valence-corrected chi connectivity index (χ3v) is 4.13. The summed E-state index contributed by atoms with van der Waals surface area (Å²) < 4.78 is 5.11. The number of phenols is 1. The summed E-state index contributed by atoms with van der Waals surface area (Å²) in [5, 5.41) is 19.6. The van der Waals surface area contributed by atoms with Crippen LogP contribution < -0.4 is 4.74 Å². The first kappa shape index (κ1) is 13.7.